The Hall–Kier alpha value is -0.620. The van der Waals surface area contributed by atoms with Gasteiger partial charge in [-0.1, -0.05) is 18.5 Å². The summed E-state index contributed by atoms with van der Waals surface area (Å²) in [6.07, 6.45) is 0.854. The van der Waals surface area contributed by atoms with E-state index in [1.165, 1.54) is 0 Å². The Balaban J connectivity index is 2.25. The summed E-state index contributed by atoms with van der Waals surface area (Å²) in [5.41, 5.74) is 1.97. The van der Waals surface area contributed by atoms with Gasteiger partial charge in [0.05, 0.1) is 36.2 Å². The highest BCUT2D eigenvalue weighted by Crippen LogP contribution is 2.20. The fourth-order valence-electron chi connectivity index (χ4n) is 1.61. The summed E-state index contributed by atoms with van der Waals surface area (Å²) in [5.74, 6) is 0. The van der Waals surface area contributed by atoms with Crippen LogP contribution in [0.15, 0.2) is 0 Å². The monoisotopic (exact) mass is 275 g/mol. The van der Waals surface area contributed by atoms with E-state index in [4.69, 9.17) is 21.1 Å². The van der Waals surface area contributed by atoms with E-state index in [9.17, 15) is 0 Å². The van der Waals surface area contributed by atoms with Crippen molar-refractivity contribution in [1.29, 1.82) is 0 Å². The molecule has 104 valence electrons. The molecule has 0 amide bonds. The van der Waals surface area contributed by atoms with Crippen LogP contribution in [0.25, 0.3) is 0 Å². The predicted molar refractivity (Wildman–Crippen MR) is 72.0 cm³/mol. The van der Waals surface area contributed by atoms with Gasteiger partial charge in [0, 0.05) is 27.2 Å². The number of halogens is 1. The van der Waals surface area contributed by atoms with Gasteiger partial charge in [0.15, 0.2) is 0 Å². The molecule has 0 aliphatic rings. The van der Waals surface area contributed by atoms with E-state index < -0.39 is 0 Å². The Morgan fingerprint density at radius 2 is 2.11 bits per heavy atom. The van der Waals surface area contributed by atoms with Crippen LogP contribution in [0.2, 0.25) is 5.02 Å². The zero-order valence-electron chi connectivity index (χ0n) is 11.3. The van der Waals surface area contributed by atoms with E-state index in [0.29, 0.717) is 26.4 Å². The van der Waals surface area contributed by atoms with Gasteiger partial charge in [-0.05, 0) is 6.42 Å². The van der Waals surface area contributed by atoms with Crippen LogP contribution in [0.1, 0.15) is 18.3 Å². The molecular weight excluding hydrogens is 254 g/mol. The molecule has 1 aromatic rings. The number of hydrogen-bond acceptors (Lipinski definition) is 4. The largest absolute Gasteiger partial charge is 0.382 e. The number of nitrogens with zero attached hydrogens (tertiary/aromatic N) is 2. The maximum atomic E-state index is 6.24. The highest BCUT2D eigenvalue weighted by molar-refractivity contribution is 6.31. The zero-order chi connectivity index (χ0) is 13.4. The smallest absolute Gasteiger partial charge is 0.0863 e. The van der Waals surface area contributed by atoms with Crippen LogP contribution in [-0.2, 0) is 29.5 Å². The molecule has 0 unspecified atom stereocenters. The molecule has 1 aromatic heterocycles. The van der Waals surface area contributed by atoms with Gasteiger partial charge in [0.25, 0.3) is 0 Å². The van der Waals surface area contributed by atoms with Gasteiger partial charge in [0.2, 0.25) is 0 Å². The van der Waals surface area contributed by atoms with Crippen molar-refractivity contribution >= 4 is 11.6 Å². The lowest BCUT2D eigenvalue weighted by molar-refractivity contribution is 0.0718. The molecule has 0 radical (unpaired) electrons. The third kappa shape index (κ3) is 4.57. The summed E-state index contributed by atoms with van der Waals surface area (Å²) in [6, 6.07) is 0. The molecule has 0 bridgehead atoms. The first-order valence-corrected chi connectivity index (χ1v) is 6.56. The number of rotatable bonds is 9. The molecule has 0 fully saturated rings. The summed E-state index contributed by atoms with van der Waals surface area (Å²) >= 11 is 6.24. The quantitative estimate of drug-likeness (QED) is 0.692. The normalized spacial score (nSPS) is 11.1. The Bertz CT molecular complexity index is 355. The molecule has 1 heterocycles. The molecular formula is C12H22ClN3O2. The topological polar surface area (TPSA) is 48.3 Å². The Kier molecular flexibility index (Phi) is 7.27. The molecule has 0 saturated heterocycles. The van der Waals surface area contributed by atoms with Crippen molar-refractivity contribution in [2.75, 3.05) is 33.5 Å². The second-order valence-electron chi connectivity index (χ2n) is 3.97. The summed E-state index contributed by atoms with van der Waals surface area (Å²) in [5, 5.41) is 8.42. The SMILES string of the molecule is CCc1nn(C)c(CNCCOCCOC)c1Cl. The fourth-order valence-corrected chi connectivity index (χ4v) is 1.97. The van der Waals surface area contributed by atoms with Crippen molar-refractivity contribution in [2.45, 2.75) is 19.9 Å². The molecule has 5 nitrogen and oxygen atoms in total. The minimum Gasteiger partial charge on any atom is -0.382 e. The van der Waals surface area contributed by atoms with Crippen LogP contribution in [0, 0.1) is 0 Å². The maximum Gasteiger partial charge on any atom is 0.0863 e. The van der Waals surface area contributed by atoms with Gasteiger partial charge >= 0.3 is 0 Å². The van der Waals surface area contributed by atoms with Gasteiger partial charge in [-0.3, -0.25) is 4.68 Å². The van der Waals surface area contributed by atoms with Crippen molar-refractivity contribution in [3.05, 3.63) is 16.4 Å². The molecule has 0 spiro atoms. The number of nitrogens with one attached hydrogen (secondary N) is 1. The third-order valence-corrected chi connectivity index (χ3v) is 3.09. The number of methoxy groups -OCH3 is 1. The Morgan fingerprint density at radius 3 is 2.72 bits per heavy atom. The molecule has 18 heavy (non-hydrogen) atoms. The zero-order valence-corrected chi connectivity index (χ0v) is 12.1. The Labute approximate surface area is 113 Å². The van der Waals surface area contributed by atoms with Crippen LogP contribution in [0.3, 0.4) is 0 Å². The Morgan fingerprint density at radius 1 is 1.33 bits per heavy atom. The van der Waals surface area contributed by atoms with E-state index in [1.807, 2.05) is 11.7 Å². The summed E-state index contributed by atoms with van der Waals surface area (Å²) < 4.78 is 12.1. The van der Waals surface area contributed by atoms with Crippen LogP contribution in [-0.4, -0.2) is 43.3 Å². The third-order valence-electron chi connectivity index (χ3n) is 2.65. The first-order chi connectivity index (χ1) is 8.70. The van der Waals surface area contributed by atoms with Crippen molar-refractivity contribution in [3.63, 3.8) is 0 Å². The molecule has 0 aromatic carbocycles. The van der Waals surface area contributed by atoms with Crippen molar-refractivity contribution in [1.82, 2.24) is 15.1 Å². The second-order valence-corrected chi connectivity index (χ2v) is 4.34. The standard InChI is InChI=1S/C12H22ClN3O2/c1-4-10-12(13)11(16(2)15-10)9-14-5-6-18-8-7-17-3/h14H,4-9H2,1-3H3. The van der Waals surface area contributed by atoms with E-state index >= 15 is 0 Å². The summed E-state index contributed by atoms with van der Waals surface area (Å²) in [6.45, 7) is 5.47. The number of ether oxygens (including phenoxy) is 2. The minimum atomic E-state index is 0.630. The maximum absolute atomic E-state index is 6.24. The highest BCUT2D eigenvalue weighted by atomic mass is 35.5. The first-order valence-electron chi connectivity index (χ1n) is 6.18. The molecule has 0 aliphatic heterocycles. The van der Waals surface area contributed by atoms with Gasteiger partial charge in [0.1, 0.15) is 0 Å². The number of aromatic nitrogens is 2. The average molecular weight is 276 g/mol. The van der Waals surface area contributed by atoms with Crippen molar-refractivity contribution < 1.29 is 9.47 Å². The molecule has 1 N–H and O–H groups in total. The molecule has 6 heteroatoms. The van der Waals surface area contributed by atoms with Crippen molar-refractivity contribution in [3.8, 4) is 0 Å². The minimum absolute atomic E-state index is 0.630. The highest BCUT2D eigenvalue weighted by Gasteiger charge is 2.11. The predicted octanol–water partition coefficient (Wildman–Crippen LogP) is 1.39. The van der Waals surface area contributed by atoms with E-state index in [2.05, 4.69) is 17.3 Å². The fraction of sp³-hybridized carbons (Fsp3) is 0.750. The van der Waals surface area contributed by atoms with Crippen molar-refractivity contribution in [2.24, 2.45) is 7.05 Å². The second kappa shape index (κ2) is 8.48. The number of hydrogen-bond donors (Lipinski definition) is 1. The lowest BCUT2D eigenvalue weighted by Crippen LogP contribution is -2.21. The number of aryl methyl sites for hydroxylation is 2. The molecule has 0 aliphatic carbocycles. The van der Waals surface area contributed by atoms with E-state index in [-0.39, 0.29) is 0 Å². The molecule has 0 atom stereocenters. The summed E-state index contributed by atoms with van der Waals surface area (Å²) in [7, 11) is 3.58. The molecule has 1 rings (SSSR count). The average Bonchev–Trinajstić information content (AvgIpc) is 2.64. The lowest BCUT2D eigenvalue weighted by atomic mass is 10.3. The van der Waals surface area contributed by atoms with Gasteiger partial charge < -0.3 is 14.8 Å². The van der Waals surface area contributed by atoms with E-state index in [0.717, 1.165) is 29.4 Å². The van der Waals surface area contributed by atoms with Gasteiger partial charge in [-0.15, -0.1) is 0 Å². The van der Waals surface area contributed by atoms with Gasteiger partial charge in [-0.2, -0.15) is 5.10 Å². The van der Waals surface area contributed by atoms with Gasteiger partial charge in [-0.25, -0.2) is 0 Å². The van der Waals surface area contributed by atoms with Crippen LogP contribution in [0.5, 0.6) is 0 Å². The first kappa shape index (κ1) is 15.4. The van der Waals surface area contributed by atoms with Crippen LogP contribution < -0.4 is 5.32 Å². The van der Waals surface area contributed by atoms with Crippen LogP contribution in [0.4, 0.5) is 0 Å². The lowest BCUT2D eigenvalue weighted by Gasteiger charge is -2.06. The molecule has 0 saturated carbocycles. The van der Waals surface area contributed by atoms with Crippen LogP contribution >= 0.6 is 11.6 Å². The summed E-state index contributed by atoms with van der Waals surface area (Å²) in [4.78, 5) is 0. The van der Waals surface area contributed by atoms with E-state index in [1.54, 1.807) is 7.11 Å².